The topological polar surface area (TPSA) is 84.9 Å². The maximum absolute atomic E-state index is 12.3. The van der Waals surface area contributed by atoms with Crippen molar-refractivity contribution >= 4 is 17.5 Å². The van der Waals surface area contributed by atoms with Crippen molar-refractivity contribution in [1.82, 2.24) is 0 Å². The smallest absolute Gasteiger partial charge is 0.334 e. The molecule has 0 aromatic heterocycles. The van der Waals surface area contributed by atoms with E-state index in [1.165, 1.54) is 7.11 Å². The number of aliphatic carboxylic acids is 1. The minimum absolute atomic E-state index is 0.00262. The first-order chi connectivity index (χ1) is 12.5. The summed E-state index contributed by atoms with van der Waals surface area (Å²) in [5.74, 6) is -0.814. The fourth-order valence-corrected chi connectivity index (χ4v) is 2.56. The number of carboxylic acids is 1. The summed E-state index contributed by atoms with van der Waals surface area (Å²) in [4.78, 5) is 23.5. The van der Waals surface area contributed by atoms with E-state index in [4.69, 9.17) is 14.2 Å². The van der Waals surface area contributed by atoms with E-state index >= 15 is 0 Å². The van der Waals surface area contributed by atoms with Gasteiger partial charge in [-0.3, -0.25) is 0 Å². The highest BCUT2D eigenvalue weighted by Gasteiger charge is 2.19. The Hall–Kier alpha value is -3.28. The van der Waals surface area contributed by atoms with Gasteiger partial charge in [0, 0.05) is 12.4 Å². The highest BCUT2D eigenvalue weighted by Crippen LogP contribution is 2.31. The quantitative estimate of drug-likeness (QED) is 0.556. The molecule has 2 aromatic rings. The summed E-state index contributed by atoms with van der Waals surface area (Å²) in [6.07, 6.45) is -0.569. The van der Waals surface area contributed by atoms with Crippen molar-refractivity contribution in [2.24, 2.45) is 0 Å². The van der Waals surface area contributed by atoms with Crippen LogP contribution in [0.1, 0.15) is 17.5 Å². The van der Waals surface area contributed by atoms with E-state index in [1.807, 2.05) is 0 Å². The largest absolute Gasteiger partial charge is 0.550 e. The molecule has 0 radical (unpaired) electrons. The van der Waals surface area contributed by atoms with Crippen molar-refractivity contribution < 1.29 is 28.9 Å². The molecule has 6 heteroatoms. The fraction of sp³-hybridized carbons (Fsp3) is 0.200. The van der Waals surface area contributed by atoms with Gasteiger partial charge in [0.2, 0.25) is 0 Å². The second-order valence-corrected chi connectivity index (χ2v) is 5.35. The molecule has 6 nitrogen and oxygen atoms in total. The van der Waals surface area contributed by atoms with E-state index < -0.39 is 18.4 Å². The third-order valence-electron chi connectivity index (χ3n) is 3.81. The molecule has 26 heavy (non-hydrogen) atoms. The van der Waals surface area contributed by atoms with Crippen LogP contribution in [-0.2, 0) is 14.3 Å². The molecule has 0 atom stereocenters. The predicted octanol–water partition coefficient (Wildman–Crippen LogP) is 1.82. The molecule has 0 N–H and O–H groups in total. The Kier molecular flexibility index (Phi) is 6.38. The van der Waals surface area contributed by atoms with Gasteiger partial charge >= 0.3 is 5.97 Å². The zero-order valence-electron chi connectivity index (χ0n) is 14.8. The van der Waals surface area contributed by atoms with Crippen molar-refractivity contribution in [3.63, 3.8) is 0 Å². The van der Waals surface area contributed by atoms with Gasteiger partial charge in [-0.2, -0.15) is 0 Å². The number of methoxy groups -OCH3 is 3. The van der Waals surface area contributed by atoms with Gasteiger partial charge in [-0.25, -0.2) is 4.79 Å². The van der Waals surface area contributed by atoms with Gasteiger partial charge in [0.1, 0.15) is 11.5 Å². The van der Waals surface area contributed by atoms with Gasteiger partial charge in [0.15, 0.2) is 0 Å². The molecule has 0 amide bonds. The summed E-state index contributed by atoms with van der Waals surface area (Å²) >= 11 is 0. The fourth-order valence-electron chi connectivity index (χ4n) is 2.56. The molecule has 0 fully saturated rings. The van der Waals surface area contributed by atoms with Gasteiger partial charge in [-0.05, 0) is 41.0 Å². The van der Waals surface area contributed by atoms with Gasteiger partial charge in [-0.1, -0.05) is 24.3 Å². The second-order valence-electron chi connectivity index (χ2n) is 5.35. The van der Waals surface area contributed by atoms with E-state index in [9.17, 15) is 14.7 Å². The molecule has 0 bridgehead atoms. The first kappa shape index (κ1) is 19.1. The second kappa shape index (κ2) is 8.71. The van der Waals surface area contributed by atoms with E-state index in [0.717, 1.165) is 0 Å². The monoisotopic (exact) mass is 355 g/mol. The summed E-state index contributed by atoms with van der Waals surface area (Å²) < 4.78 is 15.1. The van der Waals surface area contributed by atoms with Crippen molar-refractivity contribution in [3.05, 3.63) is 65.2 Å². The van der Waals surface area contributed by atoms with Crippen LogP contribution in [0.3, 0.4) is 0 Å². The van der Waals surface area contributed by atoms with Crippen LogP contribution in [0.5, 0.6) is 11.5 Å². The molecule has 2 rings (SSSR count). The number of carbonyl (C=O) groups excluding carboxylic acids is 2. The molecule has 0 spiro atoms. The van der Waals surface area contributed by atoms with Crippen LogP contribution in [-0.4, -0.2) is 33.3 Å². The van der Waals surface area contributed by atoms with Gasteiger partial charge in [0.05, 0.1) is 26.9 Å². The number of benzene rings is 2. The number of hydrogen-bond donors (Lipinski definition) is 0. The Labute approximate surface area is 151 Å². The molecule has 0 heterocycles. The van der Waals surface area contributed by atoms with Crippen molar-refractivity contribution in [3.8, 4) is 11.5 Å². The van der Waals surface area contributed by atoms with Crippen LogP contribution in [0.4, 0.5) is 0 Å². The lowest BCUT2D eigenvalue weighted by atomic mass is 9.91. The standard InChI is InChI=1S/C20H20O6/c1-24-15-8-4-13(5-9-15)19(14-6-10-16(25-2)11-7-14)17(12-18(21)22)20(23)26-3/h4-11H,12H2,1-3H3,(H,21,22)/p-1. The molecule has 2 aromatic carbocycles. The van der Waals surface area contributed by atoms with Crippen molar-refractivity contribution in [2.75, 3.05) is 21.3 Å². The highest BCUT2D eigenvalue weighted by molar-refractivity contribution is 6.04. The molecule has 0 unspecified atom stereocenters. The molecule has 0 aliphatic rings. The SMILES string of the molecule is COC(=O)C(CC(=O)[O-])=C(c1ccc(OC)cc1)c1ccc(OC)cc1. The first-order valence-corrected chi connectivity index (χ1v) is 7.80. The van der Waals surface area contributed by atoms with E-state index in [1.54, 1.807) is 62.8 Å². The van der Waals surface area contributed by atoms with Gasteiger partial charge in [0.25, 0.3) is 0 Å². The molecule has 0 saturated heterocycles. The zero-order valence-corrected chi connectivity index (χ0v) is 14.8. The third kappa shape index (κ3) is 4.42. The van der Waals surface area contributed by atoms with E-state index in [0.29, 0.717) is 28.2 Å². The summed E-state index contributed by atoms with van der Waals surface area (Å²) in [6, 6.07) is 13.9. The molecule has 136 valence electrons. The average Bonchev–Trinajstić information content (AvgIpc) is 2.67. The molecule has 0 aliphatic heterocycles. The lowest BCUT2D eigenvalue weighted by molar-refractivity contribution is -0.304. The lowest BCUT2D eigenvalue weighted by Gasteiger charge is -2.16. The Morgan fingerprint density at radius 1 is 0.808 bits per heavy atom. The van der Waals surface area contributed by atoms with Crippen molar-refractivity contribution in [2.45, 2.75) is 6.42 Å². The highest BCUT2D eigenvalue weighted by atomic mass is 16.5. The molecular formula is C20H19O6-. The molecule has 0 saturated carbocycles. The molecule has 0 aliphatic carbocycles. The number of ether oxygens (including phenoxy) is 3. The summed E-state index contributed by atoms with van der Waals surface area (Å²) in [6.45, 7) is 0. The number of carbonyl (C=O) groups is 2. The number of rotatable bonds is 7. The first-order valence-electron chi connectivity index (χ1n) is 7.80. The summed E-state index contributed by atoms with van der Waals surface area (Å²) in [5.41, 5.74) is 1.75. The number of hydrogen-bond acceptors (Lipinski definition) is 6. The minimum Gasteiger partial charge on any atom is -0.550 e. The number of carboxylic acid groups (broad SMARTS) is 1. The normalized spacial score (nSPS) is 9.96. The third-order valence-corrected chi connectivity index (χ3v) is 3.81. The maximum Gasteiger partial charge on any atom is 0.334 e. The summed E-state index contributed by atoms with van der Waals surface area (Å²) in [7, 11) is 4.30. The number of esters is 1. The van der Waals surface area contributed by atoms with Crippen LogP contribution in [0.2, 0.25) is 0 Å². The van der Waals surface area contributed by atoms with Gasteiger partial charge < -0.3 is 24.1 Å². The van der Waals surface area contributed by atoms with E-state index in [2.05, 4.69) is 0 Å². The Morgan fingerprint density at radius 2 is 1.23 bits per heavy atom. The van der Waals surface area contributed by atoms with Gasteiger partial charge in [-0.15, -0.1) is 0 Å². The maximum atomic E-state index is 12.3. The van der Waals surface area contributed by atoms with Crippen LogP contribution in [0.25, 0.3) is 5.57 Å². The van der Waals surface area contributed by atoms with Crippen molar-refractivity contribution in [1.29, 1.82) is 0 Å². The Balaban J connectivity index is 2.69. The Morgan fingerprint density at radius 3 is 1.54 bits per heavy atom. The average molecular weight is 355 g/mol. The van der Waals surface area contributed by atoms with Crippen LogP contribution in [0, 0.1) is 0 Å². The summed E-state index contributed by atoms with van der Waals surface area (Å²) in [5, 5.41) is 11.2. The van der Waals surface area contributed by atoms with Crippen LogP contribution in [0.15, 0.2) is 54.1 Å². The van der Waals surface area contributed by atoms with Crippen LogP contribution < -0.4 is 14.6 Å². The predicted molar refractivity (Wildman–Crippen MR) is 93.7 cm³/mol. The van der Waals surface area contributed by atoms with Crippen LogP contribution >= 0.6 is 0 Å². The zero-order chi connectivity index (χ0) is 19.1. The van der Waals surface area contributed by atoms with E-state index in [-0.39, 0.29) is 5.57 Å². The minimum atomic E-state index is -1.37. The Bertz CT molecular complexity index is 754. The molecular weight excluding hydrogens is 336 g/mol. The lowest BCUT2D eigenvalue weighted by Crippen LogP contribution is -2.25.